The lowest BCUT2D eigenvalue weighted by Gasteiger charge is -2.29. The van der Waals surface area contributed by atoms with E-state index in [1.54, 1.807) is 0 Å². The van der Waals surface area contributed by atoms with Gasteiger partial charge in [-0.25, -0.2) is 0 Å². The molecular formula is C14H22N2O. The van der Waals surface area contributed by atoms with Crippen LogP contribution in [0.25, 0.3) is 0 Å². The summed E-state index contributed by atoms with van der Waals surface area (Å²) in [6, 6.07) is 8.49. The van der Waals surface area contributed by atoms with Crippen LogP contribution in [0.1, 0.15) is 32.3 Å². The fraction of sp³-hybridized carbons (Fsp3) is 0.571. The van der Waals surface area contributed by atoms with E-state index < -0.39 is 0 Å². The normalized spacial score (nSPS) is 20.1. The SMILES string of the molecule is CCC(CC)C(NN)C1Cc2ccccc2O1. The second-order valence-corrected chi connectivity index (χ2v) is 4.74. The van der Waals surface area contributed by atoms with E-state index in [-0.39, 0.29) is 12.1 Å². The molecule has 0 amide bonds. The topological polar surface area (TPSA) is 47.3 Å². The zero-order valence-electron chi connectivity index (χ0n) is 10.6. The molecular weight excluding hydrogens is 212 g/mol. The van der Waals surface area contributed by atoms with Crippen LogP contribution in [0.15, 0.2) is 24.3 Å². The minimum atomic E-state index is 0.169. The van der Waals surface area contributed by atoms with E-state index in [0.29, 0.717) is 5.92 Å². The van der Waals surface area contributed by atoms with Crippen molar-refractivity contribution in [2.45, 2.75) is 45.3 Å². The Morgan fingerprint density at radius 3 is 2.65 bits per heavy atom. The van der Waals surface area contributed by atoms with Crippen LogP contribution in [0, 0.1) is 5.92 Å². The van der Waals surface area contributed by atoms with Gasteiger partial charge in [0, 0.05) is 6.42 Å². The molecule has 0 aliphatic carbocycles. The third-order valence-corrected chi connectivity index (χ3v) is 3.82. The van der Waals surface area contributed by atoms with E-state index >= 15 is 0 Å². The van der Waals surface area contributed by atoms with Crippen molar-refractivity contribution in [3.05, 3.63) is 29.8 Å². The lowest BCUT2D eigenvalue weighted by atomic mass is 9.89. The second-order valence-electron chi connectivity index (χ2n) is 4.74. The molecule has 0 bridgehead atoms. The van der Waals surface area contributed by atoms with Gasteiger partial charge in [0.15, 0.2) is 0 Å². The predicted octanol–water partition coefficient (Wildman–Crippen LogP) is 2.26. The fourth-order valence-corrected chi connectivity index (χ4v) is 2.75. The van der Waals surface area contributed by atoms with E-state index in [1.165, 1.54) is 5.56 Å². The number of nitrogens with one attached hydrogen (secondary N) is 1. The van der Waals surface area contributed by atoms with Crippen LogP contribution in [-0.2, 0) is 6.42 Å². The molecule has 0 saturated heterocycles. The molecule has 2 rings (SSSR count). The number of hydrogen-bond donors (Lipinski definition) is 2. The van der Waals surface area contributed by atoms with Crippen molar-refractivity contribution in [1.29, 1.82) is 0 Å². The Labute approximate surface area is 103 Å². The number of fused-ring (bicyclic) bond motifs is 1. The van der Waals surface area contributed by atoms with Gasteiger partial charge in [-0.1, -0.05) is 44.9 Å². The summed E-state index contributed by atoms with van der Waals surface area (Å²) >= 11 is 0. The van der Waals surface area contributed by atoms with Gasteiger partial charge < -0.3 is 4.74 Å². The van der Waals surface area contributed by atoms with Gasteiger partial charge in [-0.05, 0) is 17.5 Å². The van der Waals surface area contributed by atoms with Gasteiger partial charge in [0.05, 0.1) is 6.04 Å². The molecule has 17 heavy (non-hydrogen) atoms. The number of benzene rings is 1. The van der Waals surface area contributed by atoms with Crippen molar-refractivity contribution in [2.75, 3.05) is 0 Å². The van der Waals surface area contributed by atoms with Gasteiger partial charge in [-0.2, -0.15) is 0 Å². The number of ether oxygens (including phenoxy) is 1. The summed E-state index contributed by atoms with van der Waals surface area (Å²) in [5.41, 5.74) is 4.25. The average molecular weight is 234 g/mol. The monoisotopic (exact) mass is 234 g/mol. The Hall–Kier alpha value is -1.06. The molecule has 1 aromatic carbocycles. The number of para-hydroxylation sites is 1. The molecule has 0 fully saturated rings. The van der Waals surface area contributed by atoms with E-state index in [0.717, 1.165) is 25.0 Å². The Morgan fingerprint density at radius 2 is 2.06 bits per heavy atom. The van der Waals surface area contributed by atoms with Crippen LogP contribution < -0.4 is 16.0 Å². The summed E-state index contributed by atoms with van der Waals surface area (Å²) in [7, 11) is 0. The summed E-state index contributed by atoms with van der Waals surface area (Å²) in [4.78, 5) is 0. The van der Waals surface area contributed by atoms with Crippen molar-refractivity contribution in [3.63, 3.8) is 0 Å². The van der Waals surface area contributed by atoms with E-state index in [4.69, 9.17) is 10.6 Å². The van der Waals surface area contributed by atoms with Crippen LogP contribution in [0.4, 0.5) is 0 Å². The highest BCUT2D eigenvalue weighted by atomic mass is 16.5. The standard InChI is InChI=1S/C14H22N2O/c1-3-10(4-2)14(16-15)13-9-11-7-5-6-8-12(11)17-13/h5-8,10,13-14,16H,3-4,9,15H2,1-2H3. The maximum absolute atomic E-state index is 6.00. The predicted molar refractivity (Wildman–Crippen MR) is 69.7 cm³/mol. The Bertz CT molecular complexity index is 338. The zero-order chi connectivity index (χ0) is 12.3. The third-order valence-electron chi connectivity index (χ3n) is 3.82. The number of nitrogens with two attached hydrogens (primary N) is 1. The van der Waals surface area contributed by atoms with Crippen LogP contribution >= 0.6 is 0 Å². The minimum Gasteiger partial charge on any atom is -0.488 e. The zero-order valence-corrected chi connectivity index (χ0v) is 10.6. The quantitative estimate of drug-likeness (QED) is 0.607. The first-order valence-electron chi connectivity index (χ1n) is 6.50. The van der Waals surface area contributed by atoms with Crippen molar-refractivity contribution >= 4 is 0 Å². The lowest BCUT2D eigenvalue weighted by Crippen LogP contribution is -2.50. The minimum absolute atomic E-state index is 0.169. The average Bonchev–Trinajstić information content (AvgIpc) is 2.78. The maximum Gasteiger partial charge on any atom is 0.123 e. The highest BCUT2D eigenvalue weighted by Gasteiger charge is 2.33. The summed E-state index contributed by atoms with van der Waals surface area (Å²) in [5, 5.41) is 0. The first-order chi connectivity index (χ1) is 8.30. The van der Waals surface area contributed by atoms with Crippen molar-refractivity contribution in [1.82, 2.24) is 5.43 Å². The van der Waals surface area contributed by atoms with Crippen LogP contribution in [0.3, 0.4) is 0 Å². The molecule has 3 heteroatoms. The number of hydrazine groups is 1. The Kier molecular flexibility index (Phi) is 4.02. The molecule has 2 unspecified atom stereocenters. The number of hydrogen-bond acceptors (Lipinski definition) is 3. The van der Waals surface area contributed by atoms with E-state index in [2.05, 4.69) is 31.4 Å². The maximum atomic E-state index is 6.00. The largest absolute Gasteiger partial charge is 0.488 e. The molecule has 3 N–H and O–H groups in total. The molecule has 94 valence electrons. The van der Waals surface area contributed by atoms with E-state index in [1.807, 2.05) is 12.1 Å². The smallest absolute Gasteiger partial charge is 0.123 e. The van der Waals surface area contributed by atoms with E-state index in [9.17, 15) is 0 Å². The fourth-order valence-electron chi connectivity index (χ4n) is 2.75. The van der Waals surface area contributed by atoms with Crippen LogP contribution in [0.5, 0.6) is 5.75 Å². The molecule has 0 radical (unpaired) electrons. The molecule has 0 aromatic heterocycles. The highest BCUT2D eigenvalue weighted by molar-refractivity contribution is 5.37. The Morgan fingerprint density at radius 1 is 1.35 bits per heavy atom. The number of rotatable bonds is 5. The summed E-state index contributed by atoms with van der Waals surface area (Å²) in [6.45, 7) is 4.42. The first-order valence-corrected chi connectivity index (χ1v) is 6.50. The second kappa shape index (κ2) is 5.52. The van der Waals surface area contributed by atoms with Gasteiger partial charge in [0.25, 0.3) is 0 Å². The molecule has 3 nitrogen and oxygen atoms in total. The molecule has 2 atom stereocenters. The lowest BCUT2D eigenvalue weighted by molar-refractivity contribution is 0.136. The third kappa shape index (κ3) is 2.45. The molecule has 1 heterocycles. The molecule has 0 spiro atoms. The van der Waals surface area contributed by atoms with Gasteiger partial charge in [0.1, 0.15) is 11.9 Å². The summed E-state index contributed by atoms with van der Waals surface area (Å²) in [6.07, 6.45) is 3.38. The van der Waals surface area contributed by atoms with Gasteiger partial charge in [-0.3, -0.25) is 11.3 Å². The van der Waals surface area contributed by atoms with Gasteiger partial charge in [-0.15, -0.1) is 0 Å². The summed E-state index contributed by atoms with van der Waals surface area (Å²) < 4.78 is 6.00. The summed E-state index contributed by atoms with van der Waals surface area (Å²) in [5.74, 6) is 7.30. The molecule has 1 aliphatic heterocycles. The van der Waals surface area contributed by atoms with Gasteiger partial charge >= 0.3 is 0 Å². The highest BCUT2D eigenvalue weighted by Crippen LogP contribution is 2.32. The molecule has 0 saturated carbocycles. The van der Waals surface area contributed by atoms with Gasteiger partial charge in [0.2, 0.25) is 0 Å². The van der Waals surface area contributed by atoms with Crippen LogP contribution in [-0.4, -0.2) is 12.1 Å². The molecule has 1 aromatic rings. The van der Waals surface area contributed by atoms with Crippen molar-refractivity contribution in [2.24, 2.45) is 11.8 Å². The first kappa shape index (κ1) is 12.4. The Balaban J connectivity index is 2.10. The molecule has 1 aliphatic rings. The van der Waals surface area contributed by atoms with Crippen molar-refractivity contribution in [3.8, 4) is 5.75 Å². The van der Waals surface area contributed by atoms with Crippen LogP contribution in [0.2, 0.25) is 0 Å². The van der Waals surface area contributed by atoms with Crippen molar-refractivity contribution < 1.29 is 4.74 Å².